The van der Waals surface area contributed by atoms with Crippen LogP contribution < -0.4 is 10.2 Å². The third-order valence-electron chi connectivity index (χ3n) is 1.77. The molecule has 1 aromatic rings. The van der Waals surface area contributed by atoms with Gasteiger partial charge in [0, 0.05) is 18.9 Å². The van der Waals surface area contributed by atoms with Gasteiger partial charge in [-0.3, -0.25) is 9.88 Å². The average Bonchev–Trinajstić information content (AvgIpc) is 2.20. The van der Waals surface area contributed by atoms with Crippen molar-refractivity contribution in [3.05, 3.63) is 36.8 Å². The molecule has 0 saturated heterocycles. The Labute approximate surface area is 75.9 Å². The summed E-state index contributed by atoms with van der Waals surface area (Å²) in [5.74, 6) is 0. The predicted molar refractivity (Wildman–Crippen MR) is 49.3 cm³/mol. The molecule has 0 bridgehead atoms. The van der Waals surface area contributed by atoms with Crippen molar-refractivity contribution >= 4 is 11.7 Å². The van der Waals surface area contributed by atoms with Gasteiger partial charge in [0.15, 0.2) is 0 Å². The number of anilines is 1. The van der Waals surface area contributed by atoms with Crippen molar-refractivity contribution in [3.63, 3.8) is 0 Å². The quantitative estimate of drug-likeness (QED) is 0.695. The van der Waals surface area contributed by atoms with Crippen molar-refractivity contribution in [1.29, 1.82) is 0 Å². The van der Waals surface area contributed by atoms with E-state index in [1.165, 1.54) is 4.90 Å². The van der Waals surface area contributed by atoms with E-state index in [-0.39, 0.29) is 6.03 Å². The van der Waals surface area contributed by atoms with E-state index >= 15 is 0 Å². The van der Waals surface area contributed by atoms with Crippen molar-refractivity contribution in [3.8, 4) is 0 Å². The standard InChI is InChI=1S/C9H9N3O/c13-9-11-5-2-6-12(9)8-3-1-4-10-7-8/h1-4,6-7H,5H2,(H,11,13). The van der Waals surface area contributed by atoms with Crippen LogP contribution in [0.5, 0.6) is 0 Å². The van der Waals surface area contributed by atoms with Gasteiger partial charge in [0.05, 0.1) is 11.9 Å². The average molecular weight is 175 g/mol. The first-order chi connectivity index (χ1) is 6.38. The number of carbonyl (C=O) groups excluding carboxylic acids is 1. The normalized spacial score (nSPS) is 15.7. The second-order valence-electron chi connectivity index (χ2n) is 2.65. The summed E-state index contributed by atoms with van der Waals surface area (Å²) >= 11 is 0. The lowest BCUT2D eigenvalue weighted by molar-refractivity contribution is 0.248. The number of pyridine rings is 1. The number of carbonyl (C=O) groups is 1. The van der Waals surface area contributed by atoms with E-state index in [2.05, 4.69) is 10.3 Å². The highest BCUT2D eigenvalue weighted by Crippen LogP contribution is 2.13. The van der Waals surface area contributed by atoms with Gasteiger partial charge >= 0.3 is 6.03 Å². The molecule has 0 saturated carbocycles. The minimum Gasteiger partial charge on any atom is -0.334 e. The number of rotatable bonds is 1. The highest BCUT2D eigenvalue weighted by molar-refractivity contribution is 5.94. The maximum absolute atomic E-state index is 11.3. The molecule has 0 radical (unpaired) electrons. The largest absolute Gasteiger partial charge is 0.334 e. The summed E-state index contributed by atoms with van der Waals surface area (Å²) in [6.45, 7) is 0.593. The molecule has 2 amide bonds. The van der Waals surface area contributed by atoms with Gasteiger partial charge in [-0.15, -0.1) is 0 Å². The molecule has 1 aliphatic rings. The second kappa shape index (κ2) is 3.26. The molecule has 4 heteroatoms. The first-order valence-electron chi connectivity index (χ1n) is 4.02. The maximum atomic E-state index is 11.3. The zero-order valence-electron chi connectivity index (χ0n) is 6.97. The Morgan fingerprint density at radius 2 is 2.46 bits per heavy atom. The van der Waals surface area contributed by atoms with Gasteiger partial charge in [-0.25, -0.2) is 4.79 Å². The minimum absolute atomic E-state index is 0.115. The fraction of sp³-hybridized carbons (Fsp3) is 0.111. The van der Waals surface area contributed by atoms with Crippen LogP contribution in [0.15, 0.2) is 36.8 Å². The molecule has 0 fully saturated rings. The summed E-state index contributed by atoms with van der Waals surface area (Å²) in [6, 6.07) is 3.52. The van der Waals surface area contributed by atoms with E-state index in [1.807, 2.05) is 12.1 Å². The molecule has 2 heterocycles. The number of hydrogen-bond donors (Lipinski definition) is 1. The Bertz CT molecular complexity index is 334. The molecule has 1 N–H and O–H groups in total. The predicted octanol–water partition coefficient (Wildman–Crippen LogP) is 1.12. The fourth-order valence-corrected chi connectivity index (χ4v) is 1.16. The van der Waals surface area contributed by atoms with E-state index in [1.54, 1.807) is 24.7 Å². The summed E-state index contributed by atoms with van der Waals surface area (Å²) in [5.41, 5.74) is 0.774. The van der Waals surface area contributed by atoms with Crippen molar-refractivity contribution in [2.24, 2.45) is 0 Å². The zero-order chi connectivity index (χ0) is 9.10. The van der Waals surface area contributed by atoms with E-state index < -0.39 is 0 Å². The van der Waals surface area contributed by atoms with Gasteiger partial charge in [0.1, 0.15) is 0 Å². The van der Waals surface area contributed by atoms with Gasteiger partial charge in [0.25, 0.3) is 0 Å². The Balaban J connectivity index is 2.30. The topological polar surface area (TPSA) is 45.2 Å². The molecule has 0 atom stereocenters. The highest BCUT2D eigenvalue weighted by Gasteiger charge is 2.14. The van der Waals surface area contributed by atoms with Gasteiger partial charge in [-0.2, -0.15) is 0 Å². The van der Waals surface area contributed by atoms with Crippen LogP contribution in [0.3, 0.4) is 0 Å². The van der Waals surface area contributed by atoms with Crippen LogP contribution in [-0.4, -0.2) is 17.6 Å². The van der Waals surface area contributed by atoms with Crippen molar-refractivity contribution in [2.45, 2.75) is 0 Å². The molecule has 2 rings (SSSR count). The monoisotopic (exact) mass is 175 g/mol. The van der Waals surface area contributed by atoms with E-state index in [9.17, 15) is 4.79 Å². The SMILES string of the molecule is O=C1NCC=CN1c1cccnc1. The number of amides is 2. The molecular weight excluding hydrogens is 166 g/mol. The lowest BCUT2D eigenvalue weighted by Gasteiger charge is -2.21. The van der Waals surface area contributed by atoms with Crippen LogP contribution in [0.4, 0.5) is 10.5 Å². The maximum Gasteiger partial charge on any atom is 0.326 e. The van der Waals surface area contributed by atoms with Crippen molar-refractivity contribution < 1.29 is 4.79 Å². The van der Waals surface area contributed by atoms with Crippen molar-refractivity contribution in [1.82, 2.24) is 10.3 Å². The number of hydrogen-bond acceptors (Lipinski definition) is 2. The molecule has 0 aliphatic carbocycles. The van der Waals surface area contributed by atoms with Crippen molar-refractivity contribution in [2.75, 3.05) is 11.4 Å². The number of aromatic nitrogens is 1. The zero-order valence-corrected chi connectivity index (χ0v) is 6.97. The lowest BCUT2D eigenvalue weighted by atomic mass is 10.3. The van der Waals surface area contributed by atoms with Gasteiger partial charge in [-0.1, -0.05) is 0 Å². The minimum atomic E-state index is -0.115. The van der Waals surface area contributed by atoms with Gasteiger partial charge in [0.2, 0.25) is 0 Å². The van der Waals surface area contributed by atoms with Crippen LogP contribution in [0.2, 0.25) is 0 Å². The Kier molecular flexibility index (Phi) is 1.96. The molecule has 13 heavy (non-hydrogen) atoms. The second-order valence-corrected chi connectivity index (χ2v) is 2.65. The summed E-state index contributed by atoms with van der Waals surface area (Å²) < 4.78 is 0. The number of urea groups is 1. The molecule has 0 unspecified atom stereocenters. The lowest BCUT2D eigenvalue weighted by Crippen LogP contribution is -2.39. The summed E-state index contributed by atoms with van der Waals surface area (Å²) in [6.07, 6.45) is 6.95. The van der Waals surface area contributed by atoms with Crippen LogP contribution in [0.1, 0.15) is 0 Å². The van der Waals surface area contributed by atoms with Crippen LogP contribution in [0.25, 0.3) is 0 Å². The first-order valence-corrected chi connectivity index (χ1v) is 4.02. The summed E-state index contributed by atoms with van der Waals surface area (Å²) in [7, 11) is 0. The van der Waals surface area contributed by atoms with E-state index in [0.29, 0.717) is 6.54 Å². The fourth-order valence-electron chi connectivity index (χ4n) is 1.16. The van der Waals surface area contributed by atoms with Crippen LogP contribution >= 0.6 is 0 Å². The molecule has 1 aliphatic heterocycles. The molecule has 0 aromatic carbocycles. The molecule has 1 aromatic heterocycles. The van der Waals surface area contributed by atoms with Crippen LogP contribution in [-0.2, 0) is 0 Å². The third kappa shape index (κ3) is 1.51. The molecular formula is C9H9N3O. The van der Waals surface area contributed by atoms with Gasteiger partial charge < -0.3 is 5.32 Å². The van der Waals surface area contributed by atoms with E-state index in [4.69, 9.17) is 0 Å². The molecule has 4 nitrogen and oxygen atoms in total. The number of nitrogens with one attached hydrogen (secondary N) is 1. The Hall–Kier alpha value is -1.84. The number of nitrogens with zero attached hydrogens (tertiary/aromatic N) is 2. The summed E-state index contributed by atoms with van der Waals surface area (Å²) in [4.78, 5) is 16.8. The Morgan fingerprint density at radius 3 is 3.15 bits per heavy atom. The molecule has 0 spiro atoms. The smallest absolute Gasteiger partial charge is 0.326 e. The Morgan fingerprint density at radius 1 is 1.54 bits per heavy atom. The summed E-state index contributed by atoms with van der Waals surface area (Å²) in [5, 5.41) is 2.70. The van der Waals surface area contributed by atoms with Gasteiger partial charge in [-0.05, 0) is 18.2 Å². The third-order valence-corrected chi connectivity index (χ3v) is 1.77. The highest BCUT2D eigenvalue weighted by atomic mass is 16.2. The first kappa shape index (κ1) is 7.79. The van der Waals surface area contributed by atoms with Crippen LogP contribution in [0, 0.1) is 0 Å². The van der Waals surface area contributed by atoms with E-state index in [0.717, 1.165) is 5.69 Å². The molecule has 66 valence electrons.